The van der Waals surface area contributed by atoms with E-state index in [1.54, 1.807) is 0 Å². The second-order valence-electron chi connectivity index (χ2n) is 4.71. The van der Waals surface area contributed by atoms with Crippen molar-refractivity contribution in [3.8, 4) is 11.5 Å². The van der Waals surface area contributed by atoms with Gasteiger partial charge < -0.3 is 15.2 Å². The highest BCUT2D eigenvalue weighted by Crippen LogP contribution is 2.18. The third-order valence-electron chi connectivity index (χ3n) is 3.19. The van der Waals surface area contributed by atoms with Crippen LogP contribution in [-0.2, 0) is 6.42 Å². The molecular weight excluding hydrogens is 250 g/mol. The lowest BCUT2D eigenvalue weighted by Crippen LogP contribution is -2.09. The maximum absolute atomic E-state index is 5.76. The lowest BCUT2D eigenvalue weighted by Gasteiger charge is -2.10. The molecule has 0 aliphatic carbocycles. The van der Waals surface area contributed by atoms with Gasteiger partial charge in [-0.05, 0) is 54.8 Å². The highest BCUT2D eigenvalue weighted by Gasteiger charge is 1.99. The average molecular weight is 271 g/mol. The zero-order chi connectivity index (χ0) is 14.4. The summed E-state index contributed by atoms with van der Waals surface area (Å²) >= 11 is 0. The van der Waals surface area contributed by atoms with E-state index in [1.807, 2.05) is 37.3 Å². The molecule has 0 bridgehead atoms. The van der Waals surface area contributed by atoms with Crippen molar-refractivity contribution in [3.05, 3.63) is 53.6 Å². The van der Waals surface area contributed by atoms with Gasteiger partial charge in [-0.15, -0.1) is 0 Å². The molecule has 0 aromatic heterocycles. The molecule has 0 radical (unpaired) electrons. The molecule has 2 aromatic rings. The van der Waals surface area contributed by atoms with Crippen LogP contribution >= 0.6 is 0 Å². The Balaban J connectivity index is 1.76. The van der Waals surface area contributed by atoms with Crippen molar-refractivity contribution in [2.75, 3.05) is 18.9 Å². The monoisotopic (exact) mass is 271 g/mol. The van der Waals surface area contributed by atoms with Gasteiger partial charge >= 0.3 is 0 Å². The van der Waals surface area contributed by atoms with Crippen molar-refractivity contribution in [1.82, 2.24) is 0 Å². The molecule has 2 N–H and O–H groups in total. The van der Waals surface area contributed by atoms with Gasteiger partial charge in [0.1, 0.15) is 24.7 Å². The lowest BCUT2D eigenvalue weighted by atomic mass is 10.2. The molecule has 106 valence electrons. The Morgan fingerprint density at radius 1 is 0.900 bits per heavy atom. The van der Waals surface area contributed by atoms with Crippen LogP contribution in [0.15, 0.2) is 42.5 Å². The fraction of sp³-hybridized carbons (Fsp3) is 0.294. The van der Waals surface area contributed by atoms with E-state index in [-0.39, 0.29) is 0 Å². The van der Waals surface area contributed by atoms with Gasteiger partial charge in [-0.3, -0.25) is 0 Å². The molecule has 0 heterocycles. The molecule has 0 aliphatic heterocycles. The maximum atomic E-state index is 5.76. The molecule has 0 saturated heterocycles. The van der Waals surface area contributed by atoms with Crippen LogP contribution < -0.4 is 15.2 Å². The first-order chi connectivity index (χ1) is 9.69. The number of nitrogens with two attached hydrogens (primary N) is 1. The van der Waals surface area contributed by atoms with Gasteiger partial charge in [0.15, 0.2) is 0 Å². The fourth-order valence-electron chi connectivity index (χ4n) is 1.88. The van der Waals surface area contributed by atoms with E-state index in [2.05, 4.69) is 19.1 Å². The number of rotatable bonds is 6. The summed E-state index contributed by atoms with van der Waals surface area (Å²) in [6, 6.07) is 13.8. The molecule has 0 aliphatic rings. The van der Waals surface area contributed by atoms with Gasteiger partial charge in [-0.1, -0.05) is 19.1 Å². The molecule has 0 saturated carbocycles. The van der Waals surface area contributed by atoms with Gasteiger partial charge in [-0.25, -0.2) is 0 Å². The topological polar surface area (TPSA) is 44.5 Å². The second-order valence-corrected chi connectivity index (χ2v) is 4.71. The highest BCUT2D eigenvalue weighted by molar-refractivity contribution is 5.49. The van der Waals surface area contributed by atoms with Crippen molar-refractivity contribution in [3.63, 3.8) is 0 Å². The third-order valence-corrected chi connectivity index (χ3v) is 3.19. The Hall–Kier alpha value is -2.16. The van der Waals surface area contributed by atoms with Gasteiger partial charge in [0.05, 0.1) is 0 Å². The van der Waals surface area contributed by atoms with Gasteiger partial charge in [-0.2, -0.15) is 0 Å². The molecule has 0 amide bonds. The summed E-state index contributed by atoms with van der Waals surface area (Å²) in [5.41, 5.74) is 8.88. The van der Waals surface area contributed by atoms with E-state index in [9.17, 15) is 0 Å². The van der Waals surface area contributed by atoms with Crippen LogP contribution in [0.2, 0.25) is 0 Å². The minimum Gasteiger partial charge on any atom is -0.490 e. The number of hydrogen-bond acceptors (Lipinski definition) is 3. The van der Waals surface area contributed by atoms with Crippen LogP contribution in [0, 0.1) is 6.92 Å². The average Bonchev–Trinajstić information content (AvgIpc) is 2.48. The second kappa shape index (κ2) is 6.85. The maximum Gasteiger partial charge on any atom is 0.122 e. The molecule has 3 heteroatoms. The number of ether oxygens (including phenoxy) is 2. The van der Waals surface area contributed by atoms with Crippen molar-refractivity contribution >= 4 is 5.69 Å². The molecule has 0 atom stereocenters. The minimum absolute atomic E-state index is 0.513. The minimum atomic E-state index is 0.513. The predicted octanol–water partition coefficient (Wildman–Crippen LogP) is 3.60. The molecule has 20 heavy (non-hydrogen) atoms. The zero-order valence-corrected chi connectivity index (χ0v) is 12.1. The SMILES string of the molecule is CCc1ccc(OCCOc2ccc(N)c(C)c2)cc1. The van der Waals surface area contributed by atoms with Gasteiger partial charge in [0.2, 0.25) is 0 Å². The molecular formula is C17H21NO2. The first-order valence-electron chi connectivity index (χ1n) is 6.89. The summed E-state index contributed by atoms with van der Waals surface area (Å²) in [4.78, 5) is 0. The predicted molar refractivity (Wildman–Crippen MR) is 82.4 cm³/mol. The Morgan fingerprint density at radius 2 is 1.50 bits per heavy atom. The van der Waals surface area contributed by atoms with E-state index in [0.29, 0.717) is 13.2 Å². The normalized spacial score (nSPS) is 10.3. The number of nitrogen functional groups attached to an aromatic ring is 1. The van der Waals surface area contributed by atoms with Gasteiger partial charge in [0, 0.05) is 5.69 Å². The van der Waals surface area contributed by atoms with Crippen LogP contribution in [0.3, 0.4) is 0 Å². The van der Waals surface area contributed by atoms with Crippen molar-refractivity contribution in [2.24, 2.45) is 0 Å². The largest absolute Gasteiger partial charge is 0.490 e. The third kappa shape index (κ3) is 3.92. The molecule has 0 fully saturated rings. The fourth-order valence-corrected chi connectivity index (χ4v) is 1.88. The van der Waals surface area contributed by atoms with Crippen LogP contribution in [0.4, 0.5) is 5.69 Å². The molecule has 0 spiro atoms. The number of anilines is 1. The Bertz CT molecular complexity index is 549. The summed E-state index contributed by atoms with van der Waals surface area (Å²) in [5.74, 6) is 1.70. The standard InChI is InChI=1S/C17H21NO2/c1-3-14-4-6-15(7-5-14)19-10-11-20-16-8-9-17(18)13(2)12-16/h4-9,12H,3,10-11,18H2,1-2H3. The Labute approximate surface area is 120 Å². The molecule has 2 aromatic carbocycles. The quantitative estimate of drug-likeness (QED) is 0.645. The smallest absolute Gasteiger partial charge is 0.122 e. The number of aryl methyl sites for hydroxylation is 2. The highest BCUT2D eigenvalue weighted by atomic mass is 16.5. The van der Waals surface area contributed by atoms with Crippen LogP contribution in [0.5, 0.6) is 11.5 Å². The van der Waals surface area contributed by atoms with Crippen LogP contribution in [0.25, 0.3) is 0 Å². The van der Waals surface area contributed by atoms with E-state index in [4.69, 9.17) is 15.2 Å². The van der Waals surface area contributed by atoms with E-state index < -0.39 is 0 Å². The van der Waals surface area contributed by atoms with Crippen molar-refractivity contribution < 1.29 is 9.47 Å². The van der Waals surface area contributed by atoms with Crippen molar-refractivity contribution in [2.45, 2.75) is 20.3 Å². The Morgan fingerprint density at radius 3 is 2.10 bits per heavy atom. The van der Waals surface area contributed by atoms with E-state index in [0.717, 1.165) is 29.2 Å². The van der Waals surface area contributed by atoms with E-state index in [1.165, 1.54) is 5.56 Å². The van der Waals surface area contributed by atoms with Gasteiger partial charge in [0.25, 0.3) is 0 Å². The summed E-state index contributed by atoms with van der Waals surface area (Å²) in [7, 11) is 0. The first kappa shape index (κ1) is 14.3. The van der Waals surface area contributed by atoms with Crippen molar-refractivity contribution in [1.29, 1.82) is 0 Å². The first-order valence-corrected chi connectivity index (χ1v) is 6.89. The lowest BCUT2D eigenvalue weighted by molar-refractivity contribution is 0.217. The molecule has 0 unspecified atom stereocenters. The summed E-state index contributed by atoms with van der Waals surface area (Å²) in [6.45, 7) is 5.14. The number of hydrogen-bond donors (Lipinski definition) is 1. The zero-order valence-electron chi connectivity index (χ0n) is 12.1. The van der Waals surface area contributed by atoms with Crippen LogP contribution in [-0.4, -0.2) is 13.2 Å². The molecule has 2 rings (SSSR count). The Kier molecular flexibility index (Phi) is 4.88. The summed E-state index contributed by atoms with van der Waals surface area (Å²) in [6.07, 6.45) is 1.04. The number of benzene rings is 2. The van der Waals surface area contributed by atoms with Crippen LogP contribution in [0.1, 0.15) is 18.1 Å². The summed E-state index contributed by atoms with van der Waals surface area (Å²) in [5, 5.41) is 0. The van der Waals surface area contributed by atoms with E-state index >= 15 is 0 Å². The summed E-state index contributed by atoms with van der Waals surface area (Å²) < 4.78 is 11.3. The molecule has 3 nitrogen and oxygen atoms in total.